The monoisotopic (exact) mass is 439 g/mol. The zero-order valence-electron chi connectivity index (χ0n) is 17.8. The van der Waals surface area contributed by atoms with Gasteiger partial charge in [-0.1, -0.05) is 52.4 Å². The van der Waals surface area contributed by atoms with Crippen LogP contribution in [0.4, 0.5) is 0 Å². The van der Waals surface area contributed by atoms with E-state index in [-0.39, 0.29) is 32.1 Å². The second-order valence-electron chi connectivity index (χ2n) is 6.91. The Bertz CT molecular complexity index is 489. The summed E-state index contributed by atoms with van der Waals surface area (Å²) in [6, 6.07) is 0. The third kappa shape index (κ3) is 18.8. The maximum atomic E-state index is 11.7. The Balaban J connectivity index is 3.78. The van der Waals surface area contributed by atoms with Gasteiger partial charge in [-0.25, -0.2) is 4.57 Å². The zero-order chi connectivity index (χ0) is 22.0. The summed E-state index contributed by atoms with van der Waals surface area (Å²) in [6.45, 7) is 3.22. The van der Waals surface area contributed by atoms with Crippen LogP contribution in [0.5, 0.6) is 0 Å². The van der Waals surface area contributed by atoms with Crippen molar-refractivity contribution >= 4 is 19.7 Å². The molecule has 0 fully saturated rings. The SMILES string of the molecule is CCCCCCC(=O)NCCOP(=O)(O)OCC(O)COC(=O)CCCCCC. The number of ether oxygens (including phenoxy) is 1. The predicted octanol–water partition coefficient (Wildman–Crippen LogP) is 3.08. The molecule has 0 rings (SSSR count). The van der Waals surface area contributed by atoms with Gasteiger partial charge in [0.25, 0.3) is 0 Å². The van der Waals surface area contributed by atoms with Crippen molar-refractivity contribution in [3.63, 3.8) is 0 Å². The average molecular weight is 439 g/mol. The fourth-order valence-electron chi connectivity index (χ4n) is 2.38. The van der Waals surface area contributed by atoms with Crippen molar-refractivity contribution in [1.82, 2.24) is 5.32 Å². The van der Waals surface area contributed by atoms with Crippen LogP contribution < -0.4 is 5.32 Å². The van der Waals surface area contributed by atoms with Crippen LogP contribution in [-0.4, -0.2) is 54.3 Å². The van der Waals surface area contributed by atoms with Crippen LogP contribution in [0, 0.1) is 0 Å². The summed E-state index contributed by atoms with van der Waals surface area (Å²) in [5, 5.41) is 12.3. The van der Waals surface area contributed by atoms with Gasteiger partial charge in [0, 0.05) is 19.4 Å². The number of phosphoric acid groups is 1. The first-order chi connectivity index (χ1) is 13.8. The first-order valence-electron chi connectivity index (χ1n) is 10.5. The summed E-state index contributed by atoms with van der Waals surface area (Å²) in [6.07, 6.45) is 7.24. The maximum Gasteiger partial charge on any atom is 0.472 e. The molecule has 1 amide bonds. The molecule has 0 saturated carbocycles. The topological polar surface area (TPSA) is 131 Å². The Morgan fingerprint density at radius 1 is 0.931 bits per heavy atom. The van der Waals surface area contributed by atoms with Crippen molar-refractivity contribution in [3.8, 4) is 0 Å². The molecule has 0 aromatic heterocycles. The summed E-state index contributed by atoms with van der Waals surface area (Å²) < 4.78 is 26.0. The molecule has 2 atom stereocenters. The van der Waals surface area contributed by atoms with Crippen LogP contribution >= 0.6 is 7.82 Å². The Morgan fingerprint density at radius 3 is 2.17 bits per heavy atom. The highest BCUT2D eigenvalue weighted by molar-refractivity contribution is 7.47. The average Bonchev–Trinajstić information content (AvgIpc) is 2.69. The number of phosphoric ester groups is 1. The van der Waals surface area contributed by atoms with Gasteiger partial charge in [-0.05, 0) is 12.8 Å². The highest BCUT2D eigenvalue weighted by Gasteiger charge is 2.23. The van der Waals surface area contributed by atoms with Crippen molar-refractivity contribution in [2.24, 2.45) is 0 Å². The van der Waals surface area contributed by atoms with Gasteiger partial charge in [-0.2, -0.15) is 0 Å². The van der Waals surface area contributed by atoms with E-state index in [1.54, 1.807) is 0 Å². The highest BCUT2D eigenvalue weighted by Crippen LogP contribution is 2.42. The normalized spacial score (nSPS) is 14.2. The number of carbonyl (C=O) groups is 2. The number of nitrogens with one attached hydrogen (secondary N) is 1. The number of aliphatic hydroxyl groups is 1. The van der Waals surface area contributed by atoms with E-state index >= 15 is 0 Å². The minimum Gasteiger partial charge on any atom is -0.463 e. The van der Waals surface area contributed by atoms with Gasteiger partial charge in [0.1, 0.15) is 12.7 Å². The summed E-state index contributed by atoms with van der Waals surface area (Å²) in [5.74, 6) is -0.556. The van der Waals surface area contributed by atoms with E-state index in [0.29, 0.717) is 6.42 Å². The van der Waals surface area contributed by atoms with Gasteiger partial charge in [-0.15, -0.1) is 0 Å². The molecule has 0 aliphatic rings. The van der Waals surface area contributed by atoms with Crippen LogP contribution in [0.2, 0.25) is 0 Å². The standard InChI is InChI=1S/C19H38NO8P/c1-3-5-7-9-11-18(22)20-13-14-27-29(24,25)28-16-17(21)15-26-19(23)12-10-8-6-4-2/h17,21H,3-16H2,1-2H3,(H,20,22)(H,24,25). The van der Waals surface area contributed by atoms with Gasteiger partial charge < -0.3 is 20.1 Å². The minimum atomic E-state index is -4.36. The first-order valence-corrected chi connectivity index (χ1v) is 12.0. The molecule has 2 unspecified atom stereocenters. The molecule has 0 aromatic rings. The summed E-state index contributed by atoms with van der Waals surface area (Å²) in [5.41, 5.74) is 0. The largest absolute Gasteiger partial charge is 0.472 e. The van der Waals surface area contributed by atoms with Crippen LogP contribution in [-0.2, 0) is 27.9 Å². The molecular weight excluding hydrogens is 401 g/mol. The number of hydrogen-bond donors (Lipinski definition) is 3. The molecule has 0 radical (unpaired) electrons. The van der Waals surface area contributed by atoms with Crippen molar-refractivity contribution in [2.45, 2.75) is 84.2 Å². The number of carbonyl (C=O) groups excluding carboxylic acids is 2. The van der Waals surface area contributed by atoms with Crippen molar-refractivity contribution in [1.29, 1.82) is 0 Å². The Hall–Kier alpha value is -0.990. The molecule has 10 heteroatoms. The van der Waals surface area contributed by atoms with Crippen LogP contribution in [0.15, 0.2) is 0 Å². The summed E-state index contributed by atoms with van der Waals surface area (Å²) in [7, 11) is -4.36. The predicted molar refractivity (Wildman–Crippen MR) is 109 cm³/mol. The quantitative estimate of drug-likeness (QED) is 0.159. The van der Waals surface area contributed by atoms with Crippen LogP contribution in [0.25, 0.3) is 0 Å². The van der Waals surface area contributed by atoms with E-state index < -0.39 is 26.5 Å². The minimum absolute atomic E-state index is 0.0821. The lowest BCUT2D eigenvalue weighted by Gasteiger charge is -2.15. The number of unbranched alkanes of at least 4 members (excludes halogenated alkanes) is 6. The second-order valence-corrected chi connectivity index (χ2v) is 8.36. The van der Waals surface area contributed by atoms with E-state index in [1.807, 2.05) is 0 Å². The first kappa shape index (κ1) is 28.0. The maximum absolute atomic E-state index is 11.7. The van der Waals surface area contributed by atoms with Crippen molar-refractivity contribution < 1.29 is 37.9 Å². The highest BCUT2D eigenvalue weighted by atomic mass is 31.2. The molecule has 3 N–H and O–H groups in total. The van der Waals surface area contributed by atoms with E-state index in [2.05, 4.69) is 23.7 Å². The van der Waals surface area contributed by atoms with E-state index in [1.165, 1.54) is 0 Å². The lowest BCUT2D eigenvalue weighted by atomic mass is 10.1. The van der Waals surface area contributed by atoms with Crippen molar-refractivity contribution in [2.75, 3.05) is 26.4 Å². The van der Waals surface area contributed by atoms with Crippen LogP contribution in [0.1, 0.15) is 78.1 Å². The molecule has 0 aliphatic carbocycles. The van der Waals surface area contributed by atoms with Gasteiger partial charge in [0.05, 0.1) is 13.2 Å². The van der Waals surface area contributed by atoms with E-state index in [4.69, 9.17) is 9.26 Å². The van der Waals surface area contributed by atoms with Gasteiger partial charge in [0.2, 0.25) is 5.91 Å². The molecular formula is C19H38NO8P. The fraction of sp³-hybridized carbons (Fsp3) is 0.895. The van der Waals surface area contributed by atoms with Gasteiger partial charge in [0.15, 0.2) is 0 Å². The number of hydrogen-bond acceptors (Lipinski definition) is 7. The molecule has 0 bridgehead atoms. The van der Waals surface area contributed by atoms with Gasteiger partial charge in [-0.3, -0.25) is 18.6 Å². The summed E-state index contributed by atoms with van der Waals surface area (Å²) >= 11 is 0. The third-order valence-corrected chi connectivity index (χ3v) is 5.02. The Morgan fingerprint density at radius 2 is 1.55 bits per heavy atom. The second kappa shape index (κ2) is 17.8. The van der Waals surface area contributed by atoms with E-state index in [9.17, 15) is 24.2 Å². The van der Waals surface area contributed by atoms with Gasteiger partial charge >= 0.3 is 13.8 Å². The molecule has 0 aromatic carbocycles. The lowest BCUT2D eigenvalue weighted by Crippen LogP contribution is -2.27. The third-order valence-electron chi connectivity index (χ3n) is 4.04. The number of amides is 1. The molecule has 29 heavy (non-hydrogen) atoms. The Kier molecular flexibility index (Phi) is 17.2. The smallest absolute Gasteiger partial charge is 0.463 e. The van der Waals surface area contributed by atoms with Crippen molar-refractivity contribution in [3.05, 3.63) is 0 Å². The molecule has 0 spiro atoms. The molecule has 0 saturated heterocycles. The molecule has 0 heterocycles. The van der Waals surface area contributed by atoms with E-state index in [0.717, 1.165) is 51.4 Å². The molecule has 9 nitrogen and oxygen atoms in total. The number of rotatable bonds is 19. The lowest BCUT2D eigenvalue weighted by molar-refractivity contribution is -0.147. The molecule has 172 valence electrons. The number of esters is 1. The van der Waals surface area contributed by atoms with Crippen LogP contribution in [0.3, 0.4) is 0 Å². The molecule has 0 aliphatic heterocycles. The Labute approximate surface area is 174 Å². The zero-order valence-corrected chi connectivity index (χ0v) is 18.7. The fourth-order valence-corrected chi connectivity index (χ4v) is 3.13. The number of aliphatic hydroxyl groups excluding tert-OH is 1. The summed E-state index contributed by atoms with van der Waals surface area (Å²) in [4.78, 5) is 32.6.